The van der Waals surface area contributed by atoms with Gasteiger partial charge >= 0.3 is 0 Å². The maximum atomic E-state index is 5.17. The lowest BCUT2D eigenvalue weighted by Gasteiger charge is -2.32. The minimum atomic E-state index is 0.587. The van der Waals surface area contributed by atoms with Crippen molar-refractivity contribution in [3.63, 3.8) is 0 Å². The van der Waals surface area contributed by atoms with Gasteiger partial charge in [-0.3, -0.25) is 5.10 Å². The second-order valence-corrected chi connectivity index (χ2v) is 4.81. The highest BCUT2D eigenvalue weighted by atomic mass is 16.5. The van der Waals surface area contributed by atoms with Gasteiger partial charge in [0.25, 0.3) is 0 Å². The summed E-state index contributed by atoms with van der Waals surface area (Å²) >= 11 is 0. The van der Waals surface area contributed by atoms with E-state index in [0.29, 0.717) is 11.8 Å². The van der Waals surface area contributed by atoms with Crippen molar-refractivity contribution in [2.75, 3.05) is 25.1 Å². The van der Waals surface area contributed by atoms with E-state index in [-0.39, 0.29) is 0 Å². The van der Waals surface area contributed by atoms with Crippen LogP contribution in [0.4, 0.5) is 5.82 Å². The molecule has 5 nitrogen and oxygen atoms in total. The van der Waals surface area contributed by atoms with Gasteiger partial charge in [0.2, 0.25) is 5.88 Å². The van der Waals surface area contributed by atoms with Gasteiger partial charge in [-0.15, -0.1) is 0 Å². The summed E-state index contributed by atoms with van der Waals surface area (Å²) in [7, 11) is 1.65. The van der Waals surface area contributed by atoms with Gasteiger partial charge < -0.3 is 9.64 Å². The Kier molecular flexibility index (Phi) is 3.35. The number of H-pyrrole nitrogens is 1. The number of anilines is 1. The topological polar surface area (TPSA) is 54.0 Å². The van der Waals surface area contributed by atoms with E-state index >= 15 is 0 Å². The number of hydrogen-bond acceptors (Lipinski definition) is 4. The van der Waals surface area contributed by atoms with Crippen LogP contribution in [0.15, 0.2) is 30.5 Å². The Morgan fingerprint density at radius 2 is 2.11 bits per heavy atom. The number of piperidine rings is 1. The Bertz CT molecular complexity index is 518. The predicted molar refractivity (Wildman–Crippen MR) is 73.6 cm³/mol. The SMILES string of the molecule is COc1cccc(N2CCC(c3ccn[nH]3)CC2)n1. The molecule has 2 aromatic heterocycles. The Hall–Kier alpha value is -2.04. The highest BCUT2D eigenvalue weighted by Crippen LogP contribution is 2.28. The molecule has 0 spiro atoms. The highest BCUT2D eigenvalue weighted by molar-refractivity contribution is 5.41. The quantitative estimate of drug-likeness (QED) is 0.917. The molecule has 19 heavy (non-hydrogen) atoms. The number of aromatic nitrogens is 3. The Morgan fingerprint density at radius 3 is 2.79 bits per heavy atom. The third-order valence-electron chi connectivity index (χ3n) is 3.70. The molecule has 0 saturated carbocycles. The first-order chi connectivity index (χ1) is 9.36. The average molecular weight is 258 g/mol. The minimum absolute atomic E-state index is 0.587. The molecule has 1 saturated heterocycles. The lowest BCUT2D eigenvalue weighted by atomic mass is 9.94. The van der Waals surface area contributed by atoms with Crippen LogP contribution in [0, 0.1) is 0 Å². The number of methoxy groups -OCH3 is 1. The Labute approximate surface area is 112 Å². The fraction of sp³-hybridized carbons (Fsp3) is 0.429. The molecule has 3 heterocycles. The minimum Gasteiger partial charge on any atom is -0.481 e. The predicted octanol–water partition coefficient (Wildman–Crippen LogP) is 2.20. The molecule has 1 aliphatic rings. The van der Waals surface area contributed by atoms with Gasteiger partial charge in [0.1, 0.15) is 5.82 Å². The van der Waals surface area contributed by atoms with E-state index in [2.05, 4.69) is 26.1 Å². The monoisotopic (exact) mass is 258 g/mol. The Morgan fingerprint density at radius 1 is 1.26 bits per heavy atom. The third kappa shape index (κ3) is 2.54. The summed E-state index contributed by atoms with van der Waals surface area (Å²) in [5.41, 5.74) is 1.25. The number of nitrogens with zero attached hydrogens (tertiary/aromatic N) is 3. The van der Waals surface area contributed by atoms with Crippen LogP contribution in [-0.4, -0.2) is 35.4 Å². The molecule has 0 bridgehead atoms. The number of aromatic amines is 1. The molecule has 1 fully saturated rings. The van der Waals surface area contributed by atoms with E-state index in [1.807, 2.05) is 24.4 Å². The van der Waals surface area contributed by atoms with Crippen LogP contribution >= 0.6 is 0 Å². The van der Waals surface area contributed by atoms with E-state index in [9.17, 15) is 0 Å². The van der Waals surface area contributed by atoms with Crippen LogP contribution in [0.1, 0.15) is 24.5 Å². The maximum Gasteiger partial charge on any atom is 0.214 e. The van der Waals surface area contributed by atoms with Gasteiger partial charge in [-0.05, 0) is 25.0 Å². The number of nitrogens with one attached hydrogen (secondary N) is 1. The number of hydrogen-bond donors (Lipinski definition) is 1. The zero-order chi connectivity index (χ0) is 13.1. The van der Waals surface area contributed by atoms with Crippen molar-refractivity contribution >= 4 is 5.82 Å². The van der Waals surface area contributed by atoms with Crippen LogP contribution in [0.3, 0.4) is 0 Å². The summed E-state index contributed by atoms with van der Waals surface area (Å²) in [5.74, 6) is 2.26. The second-order valence-electron chi connectivity index (χ2n) is 4.81. The van der Waals surface area contributed by atoms with E-state index in [4.69, 9.17) is 4.74 Å². The first kappa shape index (κ1) is 12.0. The van der Waals surface area contributed by atoms with Crippen LogP contribution < -0.4 is 9.64 Å². The first-order valence-electron chi connectivity index (χ1n) is 6.62. The molecule has 0 amide bonds. The van der Waals surface area contributed by atoms with E-state index in [1.165, 1.54) is 5.69 Å². The lowest BCUT2D eigenvalue weighted by molar-refractivity contribution is 0.397. The molecule has 1 N–H and O–H groups in total. The molecule has 0 radical (unpaired) electrons. The number of rotatable bonds is 3. The number of pyridine rings is 1. The fourth-order valence-electron chi connectivity index (χ4n) is 2.61. The smallest absolute Gasteiger partial charge is 0.214 e. The fourth-order valence-corrected chi connectivity index (χ4v) is 2.61. The van der Waals surface area contributed by atoms with Gasteiger partial charge in [-0.1, -0.05) is 6.07 Å². The summed E-state index contributed by atoms with van der Waals surface area (Å²) in [6.07, 6.45) is 4.08. The molecule has 5 heteroatoms. The largest absolute Gasteiger partial charge is 0.481 e. The molecule has 0 aromatic carbocycles. The van der Waals surface area contributed by atoms with Crippen molar-refractivity contribution in [3.8, 4) is 5.88 Å². The van der Waals surface area contributed by atoms with E-state index in [0.717, 1.165) is 31.7 Å². The van der Waals surface area contributed by atoms with Gasteiger partial charge in [-0.25, -0.2) is 0 Å². The van der Waals surface area contributed by atoms with Crippen molar-refractivity contribution in [3.05, 3.63) is 36.2 Å². The van der Waals surface area contributed by atoms with Crippen molar-refractivity contribution in [1.29, 1.82) is 0 Å². The van der Waals surface area contributed by atoms with Crippen molar-refractivity contribution < 1.29 is 4.74 Å². The molecule has 0 unspecified atom stereocenters. The zero-order valence-corrected chi connectivity index (χ0v) is 11.0. The van der Waals surface area contributed by atoms with E-state index < -0.39 is 0 Å². The zero-order valence-electron chi connectivity index (χ0n) is 11.0. The first-order valence-corrected chi connectivity index (χ1v) is 6.62. The molecule has 3 rings (SSSR count). The van der Waals surface area contributed by atoms with Crippen molar-refractivity contribution in [2.45, 2.75) is 18.8 Å². The van der Waals surface area contributed by atoms with Crippen LogP contribution in [0.5, 0.6) is 5.88 Å². The summed E-state index contributed by atoms with van der Waals surface area (Å²) in [5, 5.41) is 7.11. The van der Waals surface area contributed by atoms with Gasteiger partial charge in [0, 0.05) is 37.0 Å². The average Bonchev–Trinajstić information content (AvgIpc) is 3.02. The maximum absolute atomic E-state index is 5.17. The summed E-state index contributed by atoms with van der Waals surface area (Å²) in [6, 6.07) is 7.98. The molecular weight excluding hydrogens is 240 g/mol. The normalized spacial score (nSPS) is 16.6. The van der Waals surface area contributed by atoms with Crippen LogP contribution in [0.2, 0.25) is 0 Å². The molecule has 1 aliphatic heterocycles. The summed E-state index contributed by atoms with van der Waals surface area (Å²) in [6.45, 7) is 2.04. The van der Waals surface area contributed by atoms with Crippen molar-refractivity contribution in [1.82, 2.24) is 15.2 Å². The Balaban J connectivity index is 1.66. The molecule has 0 aliphatic carbocycles. The third-order valence-corrected chi connectivity index (χ3v) is 3.70. The van der Waals surface area contributed by atoms with Gasteiger partial charge in [0.05, 0.1) is 7.11 Å². The van der Waals surface area contributed by atoms with Crippen LogP contribution in [-0.2, 0) is 0 Å². The standard InChI is InChI=1S/C14H18N4O/c1-19-14-4-2-3-13(16-14)18-9-6-11(7-10-18)12-5-8-15-17-12/h2-5,8,11H,6-7,9-10H2,1H3,(H,15,17). The second kappa shape index (κ2) is 5.30. The summed E-state index contributed by atoms with van der Waals surface area (Å²) < 4.78 is 5.17. The van der Waals surface area contributed by atoms with Gasteiger partial charge in [0.15, 0.2) is 0 Å². The van der Waals surface area contributed by atoms with Gasteiger partial charge in [-0.2, -0.15) is 10.1 Å². The lowest BCUT2D eigenvalue weighted by Crippen LogP contribution is -2.33. The number of ether oxygens (including phenoxy) is 1. The molecule has 2 aromatic rings. The molecule has 100 valence electrons. The summed E-state index contributed by atoms with van der Waals surface area (Å²) in [4.78, 5) is 6.80. The van der Waals surface area contributed by atoms with Crippen molar-refractivity contribution in [2.24, 2.45) is 0 Å². The van der Waals surface area contributed by atoms with E-state index in [1.54, 1.807) is 7.11 Å². The van der Waals surface area contributed by atoms with Crippen LogP contribution in [0.25, 0.3) is 0 Å². The molecular formula is C14H18N4O. The molecule has 0 atom stereocenters. The highest BCUT2D eigenvalue weighted by Gasteiger charge is 2.22.